The van der Waals surface area contributed by atoms with E-state index in [0.29, 0.717) is 5.56 Å². The standard InChI is InChI=1S/C19H17F2N5O5/c1-9(27)30-14-11(7-29-18(28)10-5-3-2-4-6-10)31-17(12(14)20)26-8-23-13-15(22)24-19(21)25-16(13)26/h2-6,8,11-12,14,17H,7H2,1H3,(H2,22,24,25)/t11-,12-,14-,17-/m1/s1. The van der Waals surface area contributed by atoms with Crippen LogP contribution in [0.2, 0.25) is 0 Å². The second-order valence-electron chi connectivity index (χ2n) is 6.75. The molecule has 0 bridgehead atoms. The Morgan fingerprint density at radius 3 is 2.71 bits per heavy atom. The molecule has 10 nitrogen and oxygen atoms in total. The van der Waals surface area contributed by atoms with E-state index in [2.05, 4.69) is 15.0 Å². The smallest absolute Gasteiger partial charge is 0.338 e. The van der Waals surface area contributed by atoms with Gasteiger partial charge in [-0.15, -0.1) is 0 Å². The minimum atomic E-state index is -1.89. The molecule has 0 unspecified atom stereocenters. The molecule has 1 aromatic carbocycles. The highest BCUT2D eigenvalue weighted by Crippen LogP contribution is 2.36. The first-order valence-corrected chi connectivity index (χ1v) is 9.19. The highest BCUT2D eigenvalue weighted by atomic mass is 19.1. The Kier molecular flexibility index (Phi) is 5.46. The quantitative estimate of drug-likeness (QED) is 0.470. The molecule has 0 spiro atoms. The van der Waals surface area contributed by atoms with Crippen molar-refractivity contribution in [1.82, 2.24) is 19.5 Å². The van der Waals surface area contributed by atoms with Crippen molar-refractivity contribution in [2.45, 2.75) is 31.5 Å². The number of nitrogens with two attached hydrogens (primary N) is 1. The lowest BCUT2D eigenvalue weighted by Crippen LogP contribution is -2.36. The third-order valence-corrected chi connectivity index (χ3v) is 4.65. The molecule has 1 aliphatic rings. The SMILES string of the molecule is CC(=O)O[C@H]1[C@@H](F)[C@H](n2cnc3c(N)nc(F)nc32)O[C@@H]1COC(=O)c1ccccc1. The Hall–Kier alpha value is -3.67. The number of anilines is 1. The van der Waals surface area contributed by atoms with Crippen LogP contribution in [0, 0.1) is 6.08 Å². The van der Waals surface area contributed by atoms with Crippen LogP contribution in [0.3, 0.4) is 0 Å². The van der Waals surface area contributed by atoms with Gasteiger partial charge in [0.25, 0.3) is 0 Å². The maximum absolute atomic E-state index is 15.2. The summed E-state index contributed by atoms with van der Waals surface area (Å²) in [4.78, 5) is 34.6. The number of nitrogens with zero attached hydrogens (tertiary/aromatic N) is 4. The molecule has 0 saturated carbocycles. The number of carbonyl (C=O) groups excluding carboxylic acids is 2. The van der Waals surface area contributed by atoms with Gasteiger partial charge in [0, 0.05) is 6.92 Å². The summed E-state index contributed by atoms with van der Waals surface area (Å²) >= 11 is 0. The molecule has 3 heterocycles. The molecule has 0 radical (unpaired) electrons. The summed E-state index contributed by atoms with van der Waals surface area (Å²) in [6.07, 6.45) is -5.74. The summed E-state index contributed by atoms with van der Waals surface area (Å²) in [5, 5.41) is 0. The van der Waals surface area contributed by atoms with Gasteiger partial charge in [-0.05, 0) is 12.1 Å². The van der Waals surface area contributed by atoms with Gasteiger partial charge in [-0.2, -0.15) is 14.4 Å². The molecule has 0 amide bonds. The lowest BCUT2D eigenvalue weighted by Gasteiger charge is -2.18. The lowest BCUT2D eigenvalue weighted by molar-refractivity contribution is -0.152. The average Bonchev–Trinajstić information content (AvgIpc) is 3.28. The third kappa shape index (κ3) is 4.01. The van der Waals surface area contributed by atoms with Crippen molar-refractivity contribution < 1.29 is 32.6 Å². The lowest BCUT2D eigenvalue weighted by atomic mass is 10.1. The number of fused-ring (bicyclic) bond motifs is 1. The van der Waals surface area contributed by atoms with Gasteiger partial charge in [0.2, 0.25) is 0 Å². The first-order valence-electron chi connectivity index (χ1n) is 9.19. The van der Waals surface area contributed by atoms with Gasteiger partial charge in [0.1, 0.15) is 12.7 Å². The zero-order valence-corrected chi connectivity index (χ0v) is 16.1. The van der Waals surface area contributed by atoms with E-state index in [9.17, 15) is 14.0 Å². The number of hydrogen-bond acceptors (Lipinski definition) is 9. The fourth-order valence-corrected chi connectivity index (χ4v) is 3.30. The Morgan fingerprint density at radius 2 is 2.00 bits per heavy atom. The van der Waals surface area contributed by atoms with E-state index in [0.717, 1.165) is 17.8 Å². The molecule has 1 saturated heterocycles. The number of rotatable bonds is 5. The number of imidazole rings is 1. The van der Waals surface area contributed by atoms with Gasteiger partial charge >= 0.3 is 18.0 Å². The van der Waals surface area contributed by atoms with Crippen LogP contribution in [-0.4, -0.2) is 56.4 Å². The highest BCUT2D eigenvalue weighted by Gasteiger charge is 2.49. The fraction of sp³-hybridized carbons (Fsp3) is 0.316. The first kappa shape index (κ1) is 20.6. The van der Waals surface area contributed by atoms with Gasteiger partial charge in [-0.1, -0.05) is 18.2 Å². The van der Waals surface area contributed by atoms with E-state index < -0.39 is 42.6 Å². The number of ether oxygens (including phenoxy) is 3. The maximum atomic E-state index is 15.2. The van der Waals surface area contributed by atoms with Crippen molar-refractivity contribution in [3.8, 4) is 0 Å². The number of halogens is 2. The summed E-state index contributed by atoms with van der Waals surface area (Å²) in [6, 6.07) is 8.17. The van der Waals surface area contributed by atoms with E-state index in [1.807, 2.05) is 0 Å². The van der Waals surface area contributed by atoms with E-state index in [4.69, 9.17) is 19.9 Å². The Labute approximate surface area is 173 Å². The topological polar surface area (TPSA) is 131 Å². The molecular weight excluding hydrogens is 416 g/mol. The van der Waals surface area contributed by atoms with Gasteiger partial charge in [-0.25, -0.2) is 14.2 Å². The van der Waals surface area contributed by atoms with Crippen molar-refractivity contribution in [2.75, 3.05) is 12.3 Å². The summed E-state index contributed by atoms with van der Waals surface area (Å²) in [5.41, 5.74) is 5.88. The zero-order chi connectivity index (χ0) is 22.1. The maximum Gasteiger partial charge on any atom is 0.338 e. The van der Waals surface area contributed by atoms with Gasteiger partial charge < -0.3 is 19.9 Å². The summed E-state index contributed by atoms with van der Waals surface area (Å²) < 4.78 is 45.9. The number of alkyl halides is 1. The van der Waals surface area contributed by atoms with Crippen molar-refractivity contribution in [1.29, 1.82) is 0 Å². The van der Waals surface area contributed by atoms with E-state index in [1.54, 1.807) is 30.3 Å². The minimum Gasteiger partial charge on any atom is -0.459 e. The molecule has 31 heavy (non-hydrogen) atoms. The van der Waals surface area contributed by atoms with E-state index in [1.165, 1.54) is 0 Å². The number of carbonyl (C=O) groups is 2. The van der Waals surface area contributed by atoms with Crippen LogP contribution < -0.4 is 5.73 Å². The molecule has 1 aliphatic heterocycles. The molecule has 4 atom stereocenters. The monoisotopic (exact) mass is 433 g/mol. The van der Waals surface area contributed by atoms with Crippen LogP contribution in [-0.2, 0) is 19.0 Å². The van der Waals surface area contributed by atoms with Crippen LogP contribution in [0.4, 0.5) is 14.6 Å². The number of benzene rings is 1. The molecule has 0 aliphatic carbocycles. The number of nitrogen functional groups attached to an aromatic ring is 1. The molecule has 4 rings (SSSR count). The molecule has 1 fully saturated rings. The highest BCUT2D eigenvalue weighted by molar-refractivity contribution is 5.89. The number of hydrogen-bond donors (Lipinski definition) is 1. The Bertz CT molecular complexity index is 1130. The van der Waals surface area contributed by atoms with Crippen molar-refractivity contribution in [3.63, 3.8) is 0 Å². The fourth-order valence-electron chi connectivity index (χ4n) is 3.30. The normalized spacial score (nSPS) is 23.1. The molecular formula is C19H17F2N5O5. The molecule has 2 aromatic heterocycles. The number of aromatic nitrogens is 4. The van der Waals surface area contributed by atoms with Crippen LogP contribution in [0.1, 0.15) is 23.5 Å². The second-order valence-corrected chi connectivity index (χ2v) is 6.75. The van der Waals surface area contributed by atoms with Crippen molar-refractivity contribution in [3.05, 3.63) is 48.3 Å². The van der Waals surface area contributed by atoms with Crippen molar-refractivity contribution in [2.24, 2.45) is 0 Å². The van der Waals surface area contributed by atoms with Crippen LogP contribution in [0.5, 0.6) is 0 Å². The zero-order valence-electron chi connectivity index (χ0n) is 16.1. The molecule has 12 heteroatoms. The predicted molar refractivity (Wildman–Crippen MR) is 101 cm³/mol. The average molecular weight is 433 g/mol. The van der Waals surface area contributed by atoms with E-state index >= 15 is 4.39 Å². The Balaban J connectivity index is 1.58. The van der Waals surface area contributed by atoms with Crippen LogP contribution >= 0.6 is 0 Å². The Morgan fingerprint density at radius 1 is 1.26 bits per heavy atom. The van der Waals surface area contributed by atoms with Crippen LogP contribution in [0.15, 0.2) is 36.7 Å². The van der Waals surface area contributed by atoms with E-state index in [-0.39, 0.29) is 23.6 Å². The minimum absolute atomic E-state index is 0.0557. The van der Waals surface area contributed by atoms with Gasteiger partial charge in [0.05, 0.1) is 11.9 Å². The number of esters is 2. The first-order chi connectivity index (χ1) is 14.8. The largest absolute Gasteiger partial charge is 0.459 e. The molecule has 2 N–H and O–H groups in total. The predicted octanol–water partition coefficient (Wildman–Crippen LogP) is 1.57. The van der Waals surface area contributed by atoms with Gasteiger partial charge in [-0.3, -0.25) is 9.36 Å². The molecule has 162 valence electrons. The summed E-state index contributed by atoms with van der Waals surface area (Å²) in [6.45, 7) is 0.726. The van der Waals surface area contributed by atoms with Gasteiger partial charge in [0.15, 0.2) is 35.5 Å². The third-order valence-electron chi connectivity index (χ3n) is 4.65. The van der Waals surface area contributed by atoms with Crippen LogP contribution in [0.25, 0.3) is 11.2 Å². The summed E-state index contributed by atoms with van der Waals surface area (Å²) in [5.74, 6) is -1.62. The second kappa shape index (κ2) is 8.22. The molecule has 3 aromatic rings. The van der Waals surface area contributed by atoms with Crippen molar-refractivity contribution >= 4 is 28.9 Å². The summed E-state index contributed by atoms with van der Waals surface area (Å²) in [7, 11) is 0.